The fourth-order valence-corrected chi connectivity index (χ4v) is 5.27. The van der Waals surface area contributed by atoms with Crippen LogP contribution in [0.1, 0.15) is 39.0 Å². The number of aliphatic hydroxyl groups is 1. The van der Waals surface area contributed by atoms with Crippen LogP contribution in [0.25, 0.3) is 0 Å². The summed E-state index contributed by atoms with van der Waals surface area (Å²) in [6.45, 7) is 2.13. The van der Waals surface area contributed by atoms with Crippen molar-refractivity contribution >= 4 is 27.3 Å². The number of hydrogen-bond donors (Lipinski definition) is 3. The molecule has 1 aromatic carbocycles. The van der Waals surface area contributed by atoms with Gasteiger partial charge >= 0.3 is 0 Å². The van der Waals surface area contributed by atoms with Crippen LogP contribution in [-0.2, 0) is 14.8 Å². The number of benzene rings is 1. The normalized spacial score (nSPS) is 27.7. The van der Waals surface area contributed by atoms with Crippen molar-refractivity contribution in [3.63, 3.8) is 0 Å². The summed E-state index contributed by atoms with van der Waals surface area (Å²) in [5, 5.41) is 21.8. The minimum atomic E-state index is -3.91. The van der Waals surface area contributed by atoms with Gasteiger partial charge in [0.2, 0.25) is 10.0 Å². The number of rotatable bonds is 6. The van der Waals surface area contributed by atoms with Crippen molar-refractivity contribution in [3.8, 4) is 0 Å². The third-order valence-electron chi connectivity index (χ3n) is 5.84. The molecule has 29 heavy (non-hydrogen) atoms. The van der Waals surface area contributed by atoms with Gasteiger partial charge < -0.3 is 15.7 Å². The Morgan fingerprint density at radius 3 is 2.55 bits per heavy atom. The van der Waals surface area contributed by atoms with E-state index < -0.39 is 32.1 Å². The molecule has 2 fully saturated rings. The highest BCUT2D eigenvalue weighted by atomic mass is 32.2. The molecule has 4 N–H and O–H groups in total. The molecule has 1 unspecified atom stereocenters. The molecule has 11 heteroatoms. The average molecular weight is 426 g/mol. The summed E-state index contributed by atoms with van der Waals surface area (Å²) in [5.41, 5.74) is 3.18. The molecule has 1 aliphatic heterocycles. The number of nitro groups is 1. The lowest BCUT2D eigenvalue weighted by atomic mass is 9.88. The van der Waals surface area contributed by atoms with Crippen LogP contribution in [0.2, 0.25) is 0 Å². The summed E-state index contributed by atoms with van der Waals surface area (Å²) in [4.78, 5) is 23.6. The lowest BCUT2D eigenvalue weighted by molar-refractivity contribution is -0.384. The van der Waals surface area contributed by atoms with Crippen molar-refractivity contribution in [2.75, 3.05) is 18.0 Å². The van der Waals surface area contributed by atoms with E-state index in [0.29, 0.717) is 5.92 Å². The SMILES string of the molecule is CC1CCC(NS(=O)(=O)c2ccc(N3CCC(O)(C(N)=O)C3)c([N+](=O)[O-])c2)CC1. The van der Waals surface area contributed by atoms with Crippen molar-refractivity contribution in [3.05, 3.63) is 28.3 Å². The topological polar surface area (TPSA) is 156 Å². The fraction of sp³-hybridized carbons (Fsp3) is 0.611. The third kappa shape index (κ3) is 4.51. The van der Waals surface area contributed by atoms with E-state index in [1.165, 1.54) is 17.0 Å². The smallest absolute Gasteiger partial charge is 0.293 e. The van der Waals surface area contributed by atoms with Gasteiger partial charge in [0.05, 0.1) is 16.4 Å². The predicted octanol–water partition coefficient (Wildman–Crippen LogP) is 0.878. The zero-order valence-corrected chi connectivity index (χ0v) is 17.0. The van der Waals surface area contributed by atoms with Crippen LogP contribution < -0.4 is 15.4 Å². The van der Waals surface area contributed by atoms with E-state index in [4.69, 9.17) is 5.73 Å². The zero-order valence-electron chi connectivity index (χ0n) is 16.2. The molecule has 0 aromatic heterocycles. The van der Waals surface area contributed by atoms with E-state index in [1.807, 2.05) is 0 Å². The van der Waals surface area contributed by atoms with Crippen LogP contribution in [0.15, 0.2) is 23.1 Å². The summed E-state index contributed by atoms with van der Waals surface area (Å²) < 4.78 is 28.1. The Hall–Kier alpha value is -2.24. The molecule has 1 heterocycles. The largest absolute Gasteiger partial charge is 0.378 e. The molecule has 0 radical (unpaired) electrons. The first-order valence-corrected chi connectivity index (χ1v) is 11.1. The van der Waals surface area contributed by atoms with Crippen molar-refractivity contribution in [2.24, 2.45) is 11.7 Å². The van der Waals surface area contributed by atoms with E-state index in [9.17, 15) is 28.4 Å². The molecule has 10 nitrogen and oxygen atoms in total. The van der Waals surface area contributed by atoms with Gasteiger partial charge in [-0.2, -0.15) is 0 Å². The number of β-amino-alcohol motifs (C(OH)–C–C–N with tert-alkyl or cyclic N) is 1. The van der Waals surface area contributed by atoms with Gasteiger partial charge in [-0.05, 0) is 43.7 Å². The number of anilines is 1. The highest BCUT2D eigenvalue weighted by Crippen LogP contribution is 2.35. The first kappa shape index (κ1) is 21.5. The Balaban J connectivity index is 1.84. The maximum Gasteiger partial charge on any atom is 0.293 e. The van der Waals surface area contributed by atoms with Crippen LogP contribution in [0, 0.1) is 16.0 Å². The fourth-order valence-electron chi connectivity index (χ4n) is 3.95. The number of amides is 1. The highest BCUT2D eigenvalue weighted by Gasteiger charge is 2.43. The Bertz CT molecular complexity index is 913. The van der Waals surface area contributed by atoms with E-state index >= 15 is 0 Å². The maximum atomic E-state index is 12.7. The quantitative estimate of drug-likeness (QED) is 0.450. The number of nitrogens with one attached hydrogen (secondary N) is 1. The average Bonchev–Trinajstić information content (AvgIpc) is 3.06. The van der Waals surface area contributed by atoms with Crippen LogP contribution in [0.4, 0.5) is 11.4 Å². The van der Waals surface area contributed by atoms with E-state index in [-0.39, 0.29) is 36.1 Å². The zero-order chi connectivity index (χ0) is 21.4. The van der Waals surface area contributed by atoms with Gasteiger partial charge in [0, 0.05) is 25.1 Å². The second-order valence-electron chi connectivity index (χ2n) is 8.05. The van der Waals surface area contributed by atoms with Gasteiger partial charge in [0.15, 0.2) is 5.60 Å². The van der Waals surface area contributed by atoms with Gasteiger partial charge in [-0.15, -0.1) is 0 Å². The summed E-state index contributed by atoms with van der Waals surface area (Å²) in [6, 6.07) is 3.48. The molecule has 1 saturated heterocycles. The molecule has 1 amide bonds. The van der Waals surface area contributed by atoms with E-state index in [2.05, 4.69) is 11.6 Å². The number of sulfonamides is 1. The van der Waals surface area contributed by atoms with Gasteiger partial charge in [0.1, 0.15) is 5.69 Å². The molecule has 1 atom stereocenters. The molecule has 1 aromatic rings. The molecular weight excluding hydrogens is 400 g/mol. The van der Waals surface area contributed by atoms with Gasteiger partial charge in [-0.25, -0.2) is 13.1 Å². The molecule has 1 saturated carbocycles. The Morgan fingerprint density at radius 1 is 1.34 bits per heavy atom. The monoisotopic (exact) mass is 426 g/mol. The maximum absolute atomic E-state index is 12.7. The lowest BCUT2D eigenvalue weighted by Crippen LogP contribution is -2.46. The van der Waals surface area contributed by atoms with Crippen molar-refractivity contribution in [1.82, 2.24) is 4.72 Å². The second-order valence-corrected chi connectivity index (χ2v) is 9.77. The molecule has 1 aliphatic carbocycles. The Kier molecular flexibility index (Phi) is 5.84. The third-order valence-corrected chi connectivity index (χ3v) is 7.36. The molecule has 160 valence electrons. The van der Waals surface area contributed by atoms with Crippen LogP contribution in [0.5, 0.6) is 0 Å². The summed E-state index contributed by atoms with van der Waals surface area (Å²) in [6.07, 6.45) is 3.38. The van der Waals surface area contributed by atoms with Crippen molar-refractivity contribution < 1.29 is 23.2 Å². The van der Waals surface area contributed by atoms with Crippen LogP contribution in [0.3, 0.4) is 0 Å². The molecule has 0 bridgehead atoms. The summed E-state index contributed by atoms with van der Waals surface area (Å²) in [5.74, 6) is -0.330. The number of hydrogen-bond acceptors (Lipinski definition) is 7. The number of nitro benzene ring substituents is 1. The minimum absolute atomic E-state index is 0.0429. The number of carbonyl (C=O) groups is 1. The first-order valence-electron chi connectivity index (χ1n) is 9.60. The summed E-state index contributed by atoms with van der Waals surface area (Å²) in [7, 11) is -3.91. The summed E-state index contributed by atoms with van der Waals surface area (Å²) >= 11 is 0. The molecular formula is C18H26N4O6S. The number of primary amides is 1. The van der Waals surface area contributed by atoms with Crippen LogP contribution in [-0.4, -0.2) is 49.1 Å². The first-order chi connectivity index (χ1) is 13.5. The lowest BCUT2D eigenvalue weighted by Gasteiger charge is -2.26. The standard InChI is InChI=1S/C18H26N4O6S/c1-12-2-4-13(5-3-12)20-29(27,28)14-6-7-15(16(10-14)22(25)26)21-9-8-18(24,11-21)17(19)23/h6-7,10,12-13,20,24H,2-5,8-9,11H2,1H3,(H2,19,23). The predicted molar refractivity (Wildman–Crippen MR) is 106 cm³/mol. The number of nitrogens with two attached hydrogens (primary N) is 1. The Labute approximate surface area is 169 Å². The number of nitrogens with zero attached hydrogens (tertiary/aromatic N) is 2. The van der Waals surface area contributed by atoms with Gasteiger partial charge in [-0.3, -0.25) is 14.9 Å². The van der Waals surface area contributed by atoms with Crippen molar-refractivity contribution in [1.29, 1.82) is 0 Å². The van der Waals surface area contributed by atoms with E-state index in [0.717, 1.165) is 31.7 Å². The van der Waals surface area contributed by atoms with Crippen LogP contribution >= 0.6 is 0 Å². The highest BCUT2D eigenvalue weighted by molar-refractivity contribution is 7.89. The minimum Gasteiger partial charge on any atom is -0.378 e. The van der Waals surface area contributed by atoms with Gasteiger partial charge in [-0.1, -0.05) is 6.92 Å². The van der Waals surface area contributed by atoms with Crippen molar-refractivity contribution in [2.45, 2.75) is 55.6 Å². The van der Waals surface area contributed by atoms with Gasteiger partial charge in [0.25, 0.3) is 11.6 Å². The molecule has 3 rings (SSSR count). The Morgan fingerprint density at radius 2 is 2.00 bits per heavy atom. The number of carbonyl (C=O) groups excluding carboxylic acids is 1. The van der Waals surface area contributed by atoms with E-state index in [1.54, 1.807) is 0 Å². The second kappa shape index (κ2) is 7.88. The molecule has 2 aliphatic rings. The molecule has 0 spiro atoms.